The van der Waals surface area contributed by atoms with E-state index in [1.54, 1.807) is 6.07 Å². The highest BCUT2D eigenvalue weighted by Crippen LogP contribution is 2.21. The lowest BCUT2D eigenvalue weighted by Gasteiger charge is -2.07. The highest BCUT2D eigenvalue weighted by atomic mass is 79.9. The van der Waals surface area contributed by atoms with Crippen LogP contribution in [-0.4, -0.2) is 13.1 Å². The number of benzene rings is 1. The summed E-state index contributed by atoms with van der Waals surface area (Å²) < 4.78 is 18.5. The minimum atomic E-state index is -0.633. The minimum absolute atomic E-state index is 0.0261. The summed E-state index contributed by atoms with van der Waals surface area (Å²) in [6.07, 6.45) is 0.584. The summed E-state index contributed by atoms with van der Waals surface area (Å²) in [6, 6.07) is 2.97. The Balaban J connectivity index is 3.32. The van der Waals surface area contributed by atoms with Gasteiger partial charge in [0, 0.05) is 4.47 Å². The molecule has 0 saturated carbocycles. The van der Waals surface area contributed by atoms with Gasteiger partial charge in [-0.3, -0.25) is 0 Å². The van der Waals surface area contributed by atoms with E-state index in [4.69, 9.17) is 0 Å². The maximum absolute atomic E-state index is 13.4. The summed E-state index contributed by atoms with van der Waals surface area (Å²) in [7, 11) is 1.24. The predicted molar refractivity (Wildman–Crippen MR) is 54.8 cm³/mol. The zero-order valence-electron chi connectivity index (χ0n) is 7.93. The van der Waals surface area contributed by atoms with Crippen LogP contribution in [0.25, 0.3) is 0 Å². The van der Waals surface area contributed by atoms with Crippen LogP contribution in [0.2, 0.25) is 0 Å². The first-order valence-electron chi connectivity index (χ1n) is 4.16. The molecule has 4 heteroatoms. The highest BCUT2D eigenvalue weighted by Gasteiger charge is 2.17. The van der Waals surface area contributed by atoms with Gasteiger partial charge >= 0.3 is 5.97 Å². The van der Waals surface area contributed by atoms with Gasteiger partial charge in [0.15, 0.2) is 0 Å². The standard InChI is InChI=1S/C10H10BrFO2/c1-3-6-4-7(11)5-8(12)9(6)10(13)14-2/h4-5H,3H2,1-2H3. The molecule has 0 atom stereocenters. The van der Waals surface area contributed by atoms with Gasteiger partial charge in [0.2, 0.25) is 0 Å². The molecular weight excluding hydrogens is 251 g/mol. The third-order valence-corrected chi connectivity index (χ3v) is 2.36. The fourth-order valence-electron chi connectivity index (χ4n) is 1.24. The summed E-state index contributed by atoms with van der Waals surface area (Å²) in [5, 5.41) is 0. The molecule has 14 heavy (non-hydrogen) atoms. The summed E-state index contributed by atoms with van der Waals surface area (Å²) >= 11 is 3.17. The monoisotopic (exact) mass is 260 g/mol. The van der Waals surface area contributed by atoms with Crippen molar-refractivity contribution in [3.8, 4) is 0 Å². The average Bonchev–Trinajstić information content (AvgIpc) is 2.15. The van der Waals surface area contributed by atoms with Crippen molar-refractivity contribution in [2.45, 2.75) is 13.3 Å². The molecule has 1 aromatic rings. The van der Waals surface area contributed by atoms with Gasteiger partial charge in [-0.2, -0.15) is 0 Å². The first-order valence-corrected chi connectivity index (χ1v) is 4.95. The Hall–Kier alpha value is -0.900. The normalized spacial score (nSPS) is 10.0. The average molecular weight is 261 g/mol. The lowest BCUT2D eigenvalue weighted by Crippen LogP contribution is -2.08. The molecule has 0 aromatic heterocycles. The molecule has 0 aliphatic rings. The number of ether oxygens (including phenoxy) is 1. The second kappa shape index (κ2) is 4.55. The molecule has 0 bridgehead atoms. The van der Waals surface area contributed by atoms with E-state index >= 15 is 0 Å². The van der Waals surface area contributed by atoms with Crippen LogP contribution in [-0.2, 0) is 11.2 Å². The van der Waals surface area contributed by atoms with Crippen molar-refractivity contribution < 1.29 is 13.9 Å². The van der Waals surface area contributed by atoms with Gasteiger partial charge in [0.1, 0.15) is 5.82 Å². The van der Waals surface area contributed by atoms with Gasteiger partial charge in [-0.05, 0) is 24.1 Å². The zero-order chi connectivity index (χ0) is 10.7. The van der Waals surface area contributed by atoms with Crippen molar-refractivity contribution in [3.05, 3.63) is 33.5 Å². The molecular formula is C10H10BrFO2. The van der Waals surface area contributed by atoms with Gasteiger partial charge in [-0.15, -0.1) is 0 Å². The molecule has 1 aromatic carbocycles. The first kappa shape index (κ1) is 11.2. The molecule has 0 fully saturated rings. The van der Waals surface area contributed by atoms with Crippen molar-refractivity contribution in [3.63, 3.8) is 0 Å². The Kier molecular flexibility index (Phi) is 3.63. The molecule has 0 N–H and O–H groups in total. The van der Waals surface area contributed by atoms with Crippen LogP contribution in [0, 0.1) is 5.82 Å². The van der Waals surface area contributed by atoms with Crippen molar-refractivity contribution in [1.82, 2.24) is 0 Å². The second-order valence-electron chi connectivity index (χ2n) is 2.77. The Morgan fingerprint density at radius 3 is 2.71 bits per heavy atom. The molecule has 1 rings (SSSR count). The third-order valence-electron chi connectivity index (χ3n) is 1.91. The summed E-state index contributed by atoms with van der Waals surface area (Å²) in [5.41, 5.74) is 0.668. The smallest absolute Gasteiger partial charge is 0.341 e. The number of rotatable bonds is 2. The van der Waals surface area contributed by atoms with Crippen LogP contribution in [0.4, 0.5) is 4.39 Å². The van der Waals surface area contributed by atoms with Gasteiger partial charge in [0.25, 0.3) is 0 Å². The number of carbonyl (C=O) groups excluding carboxylic acids is 1. The summed E-state index contributed by atoms with van der Waals surface area (Å²) in [4.78, 5) is 11.2. The number of halogens is 2. The maximum Gasteiger partial charge on any atom is 0.341 e. The molecule has 0 aliphatic carbocycles. The van der Waals surface area contributed by atoms with Crippen molar-refractivity contribution >= 4 is 21.9 Å². The Morgan fingerprint density at radius 2 is 2.21 bits per heavy atom. The molecule has 2 nitrogen and oxygen atoms in total. The number of methoxy groups -OCH3 is 1. The molecule has 0 aliphatic heterocycles. The zero-order valence-corrected chi connectivity index (χ0v) is 9.52. The number of hydrogen-bond donors (Lipinski definition) is 0. The largest absolute Gasteiger partial charge is 0.465 e. The topological polar surface area (TPSA) is 26.3 Å². The summed E-state index contributed by atoms with van der Waals surface area (Å²) in [5.74, 6) is -1.19. The lowest BCUT2D eigenvalue weighted by molar-refractivity contribution is 0.0594. The van der Waals surface area contributed by atoms with E-state index in [2.05, 4.69) is 20.7 Å². The highest BCUT2D eigenvalue weighted by molar-refractivity contribution is 9.10. The Bertz CT molecular complexity index is 363. The SMILES string of the molecule is CCc1cc(Br)cc(F)c1C(=O)OC. The third kappa shape index (κ3) is 2.12. The van der Waals surface area contributed by atoms with Crippen molar-refractivity contribution in [2.24, 2.45) is 0 Å². The Labute approximate surface area is 90.2 Å². The van der Waals surface area contributed by atoms with Crippen LogP contribution in [0.5, 0.6) is 0 Å². The molecule has 0 spiro atoms. The van der Waals surface area contributed by atoms with Gasteiger partial charge in [-0.25, -0.2) is 9.18 Å². The van der Waals surface area contributed by atoms with E-state index in [0.717, 1.165) is 0 Å². The number of carbonyl (C=O) groups is 1. The van der Waals surface area contributed by atoms with Gasteiger partial charge < -0.3 is 4.74 Å². The van der Waals surface area contributed by atoms with E-state index in [1.807, 2.05) is 6.92 Å². The predicted octanol–water partition coefficient (Wildman–Crippen LogP) is 2.94. The fraction of sp³-hybridized carbons (Fsp3) is 0.300. The van der Waals surface area contributed by atoms with E-state index in [-0.39, 0.29) is 5.56 Å². The van der Waals surface area contributed by atoms with Crippen molar-refractivity contribution in [1.29, 1.82) is 0 Å². The molecule has 0 unspecified atom stereocenters. The summed E-state index contributed by atoms with van der Waals surface area (Å²) in [6.45, 7) is 1.85. The molecule has 0 saturated heterocycles. The molecule has 76 valence electrons. The lowest BCUT2D eigenvalue weighted by atomic mass is 10.1. The first-order chi connectivity index (χ1) is 6.60. The molecule has 0 amide bonds. The quantitative estimate of drug-likeness (QED) is 0.765. The van der Waals surface area contributed by atoms with E-state index in [9.17, 15) is 9.18 Å². The van der Waals surface area contributed by atoms with Crippen LogP contribution in [0.1, 0.15) is 22.8 Å². The minimum Gasteiger partial charge on any atom is -0.465 e. The second-order valence-corrected chi connectivity index (χ2v) is 3.68. The van der Waals surface area contributed by atoms with Gasteiger partial charge in [0.05, 0.1) is 12.7 Å². The fourth-order valence-corrected chi connectivity index (χ4v) is 1.71. The molecule has 0 heterocycles. The van der Waals surface area contributed by atoms with Crippen LogP contribution < -0.4 is 0 Å². The molecule has 0 radical (unpaired) electrons. The number of esters is 1. The van der Waals surface area contributed by atoms with E-state index in [0.29, 0.717) is 16.5 Å². The van der Waals surface area contributed by atoms with Gasteiger partial charge in [-0.1, -0.05) is 22.9 Å². The van der Waals surface area contributed by atoms with Crippen LogP contribution >= 0.6 is 15.9 Å². The van der Waals surface area contributed by atoms with Crippen LogP contribution in [0.15, 0.2) is 16.6 Å². The number of aryl methyl sites for hydroxylation is 1. The van der Waals surface area contributed by atoms with E-state index < -0.39 is 11.8 Å². The van der Waals surface area contributed by atoms with E-state index in [1.165, 1.54) is 13.2 Å². The maximum atomic E-state index is 13.4. The van der Waals surface area contributed by atoms with Crippen LogP contribution in [0.3, 0.4) is 0 Å². The Morgan fingerprint density at radius 1 is 1.57 bits per heavy atom. The van der Waals surface area contributed by atoms with Crippen molar-refractivity contribution in [2.75, 3.05) is 7.11 Å². The number of hydrogen-bond acceptors (Lipinski definition) is 2.